The second kappa shape index (κ2) is 6.38. The molecule has 1 aromatic rings. The van der Waals surface area contributed by atoms with Crippen molar-refractivity contribution in [3.8, 4) is 0 Å². The standard InChI is InChI=1S/C16H27N3/c1-5-8-19(15-6-7-15)16-13(4)9-14(11-18-16)10-17-12(2)3/h9,11-12,15,17H,5-8,10H2,1-4H3. The van der Waals surface area contributed by atoms with Gasteiger partial charge in [-0.3, -0.25) is 0 Å². The zero-order valence-electron chi connectivity index (χ0n) is 12.7. The topological polar surface area (TPSA) is 28.2 Å². The number of aromatic nitrogens is 1. The van der Waals surface area contributed by atoms with E-state index < -0.39 is 0 Å². The molecule has 1 heterocycles. The number of hydrogen-bond donors (Lipinski definition) is 1. The SMILES string of the molecule is CCCN(c1ncc(CNC(C)C)cc1C)C1CC1. The van der Waals surface area contributed by atoms with Gasteiger partial charge in [0.25, 0.3) is 0 Å². The fourth-order valence-corrected chi connectivity index (χ4v) is 2.43. The molecule has 0 unspecified atom stereocenters. The van der Waals surface area contributed by atoms with Crippen molar-refractivity contribution in [3.05, 3.63) is 23.4 Å². The molecule has 1 aliphatic carbocycles. The van der Waals surface area contributed by atoms with Crippen LogP contribution in [0, 0.1) is 6.92 Å². The molecule has 3 nitrogen and oxygen atoms in total. The Morgan fingerprint density at radius 3 is 2.68 bits per heavy atom. The third-order valence-corrected chi connectivity index (χ3v) is 3.55. The van der Waals surface area contributed by atoms with E-state index in [4.69, 9.17) is 4.98 Å². The molecule has 0 bridgehead atoms. The molecular weight excluding hydrogens is 234 g/mol. The average molecular weight is 261 g/mol. The van der Waals surface area contributed by atoms with Crippen LogP contribution in [0.2, 0.25) is 0 Å². The zero-order chi connectivity index (χ0) is 13.8. The highest BCUT2D eigenvalue weighted by atomic mass is 15.2. The Kier molecular flexibility index (Phi) is 4.81. The summed E-state index contributed by atoms with van der Waals surface area (Å²) in [5.74, 6) is 1.19. The van der Waals surface area contributed by atoms with Gasteiger partial charge in [-0.15, -0.1) is 0 Å². The lowest BCUT2D eigenvalue weighted by Gasteiger charge is -2.25. The Hall–Kier alpha value is -1.09. The minimum absolute atomic E-state index is 0.517. The summed E-state index contributed by atoms with van der Waals surface area (Å²) in [6.07, 6.45) is 5.88. The number of pyridine rings is 1. The van der Waals surface area contributed by atoms with E-state index in [1.165, 1.54) is 36.2 Å². The lowest BCUT2D eigenvalue weighted by atomic mass is 10.2. The van der Waals surface area contributed by atoms with Gasteiger partial charge in [0.2, 0.25) is 0 Å². The molecule has 0 aliphatic heterocycles. The van der Waals surface area contributed by atoms with Crippen molar-refractivity contribution in [2.24, 2.45) is 0 Å². The maximum Gasteiger partial charge on any atom is 0.131 e. The van der Waals surface area contributed by atoms with Crippen molar-refractivity contribution in [2.75, 3.05) is 11.4 Å². The lowest BCUT2D eigenvalue weighted by Crippen LogP contribution is -2.28. The third-order valence-electron chi connectivity index (χ3n) is 3.55. The largest absolute Gasteiger partial charge is 0.353 e. The van der Waals surface area contributed by atoms with Crippen molar-refractivity contribution in [2.45, 2.75) is 65.6 Å². The number of aryl methyl sites for hydroxylation is 1. The van der Waals surface area contributed by atoms with Gasteiger partial charge < -0.3 is 10.2 Å². The molecule has 19 heavy (non-hydrogen) atoms. The second-order valence-corrected chi connectivity index (χ2v) is 5.94. The van der Waals surface area contributed by atoms with Gasteiger partial charge in [0.15, 0.2) is 0 Å². The summed E-state index contributed by atoms with van der Waals surface area (Å²) < 4.78 is 0. The highest BCUT2D eigenvalue weighted by molar-refractivity contribution is 5.49. The average Bonchev–Trinajstić information content (AvgIpc) is 3.18. The van der Waals surface area contributed by atoms with Crippen molar-refractivity contribution >= 4 is 5.82 Å². The molecule has 106 valence electrons. The first-order valence-corrected chi connectivity index (χ1v) is 7.57. The smallest absolute Gasteiger partial charge is 0.131 e. The van der Waals surface area contributed by atoms with Gasteiger partial charge in [-0.05, 0) is 43.4 Å². The molecule has 0 amide bonds. The summed E-state index contributed by atoms with van der Waals surface area (Å²) in [6.45, 7) is 10.8. The van der Waals surface area contributed by atoms with Crippen LogP contribution in [0.1, 0.15) is 51.2 Å². The van der Waals surface area contributed by atoms with E-state index in [9.17, 15) is 0 Å². The van der Waals surface area contributed by atoms with Crippen LogP contribution in [-0.2, 0) is 6.54 Å². The van der Waals surface area contributed by atoms with E-state index in [2.05, 4.69) is 44.0 Å². The highest BCUT2D eigenvalue weighted by Gasteiger charge is 2.30. The molecule has 0 aromatic carbocycles. The Morgan fingerprint density at radius 2 is 2.16 bits per heavy atom. The number of nitrogens with zero attached hydrogens (tertiary/aromatic N) is 2. The molecular formula is C16H27N3. The predicted molar refractivity (Wildman–Crippen MR) is 81.6 cm³/mol. The summed E-state index contributed by atoms with van der Waals surface area (Å²) in [5.41, 5.74) is 2.59. The quantitative estimate of drug-likeness (QED) is 0.816. The lowest BCUT2D eigenvalue weighted by molar-refractivity contribution is 0.587. The molecule has 0 radical (unpaired) electrons. The Morgan fingerprint density at radius 1 is 1.42 bits per heavy atom. The van der Waals surface area contributed by atoms with E-state index >= 15 is 0 Å². The summed E-state index contributed by atoms with van der Waals surface area (Å²) >= 11 is 0. The van der Waals surface area contributed by atoms with Gasteiger partial charge in [-0.25, -0.2) is 4.98 Å². The molecule has 0 saturated heterocycles. The monoisotopic (exact) mass is 261 g/mol. The van der Waals surface area contributed by atoms with Gasteiger partial charge in [0.05, 0.1) is 0 Å². The Bertz CT molecular complexity index is 410. The number of rotatable bonds is 7. The maximum atomic E-state index is 4.72. The Labute approximate surface area is 117 Å². The van der Waals surface area contributed by atoms with E-state index in [-0.39, 0.29) is 0 Å². The van der Waals surface area contributed by atoms with Crippen LogP contribution in [-0.4, -0.2) is 23.6 Å². The van der Waals surface area contributed by atoms with Crippen LogP contribution in [0.5, 0.6) is 0 Å². The normalized spacial score (nSPS) is 15.0. The van der Waals surface area contributed by atoms with Gasteiger partial charge in [0, 0.05) is 31.4 Å². The molecule has 1 saturated carbocycles. The summed E-state index contributed by atoms with van der Waals surface area (Å²) in [7, 11) is 0. The molecule has 2 rings (SSSR count). The van der Waals surface area contributed by atoms with Crippen molar-refractivity contribution in [1.29, 1.82) is 0 Å². The molecule has 3 heteroatoms. The number of hydrogen-bond acceptors (Lipinski definition) is 3. The molecule has 1 N–H and O–H groups in total. The van der Waals surface area contributed by atoms with Crippen molar-refractivity contribution in [1.82, 2.24) is 10.3 Å². The zero-order valence-corrected chi connectivity index (χ0v) is 12.7. The molecule has 1 aromatic heterocycles. The van der Waals surface area contributed by atoms with Crippen LogP contribution < -0.4 is 10.2 Å². The van der Waals surface area contributed by atoms with Crippen molar-refractivity contribution < 1.29 is 0 Å². The summed E-state index contributed by atoms with van der Waals surface area (Å²) in [4.78, 5) is 7.22. The van der Waals surface area contributed by atoms with Crippen LogP contribution in [0.4, 0.5) is 5.82 Å². The minimum atomic E-state index is 0.517. The van der Waals surface area contributed by atoms with Gasteiger partial charge in [0.1, 0.15) is 5.82 Å². The number of anilines is 1. The van der Waals surface area contributed by atoms with Crippen LogP contribution >= 0.6 is 0 Å². The summed E-state index contributed by atoms with van der Waals surface area (Å²) in [6, 6.07) is 3.54. The second-order valence-electron chi connectivity index (χ2n) is 5.94. The first-order valence-electron chi connectivity index (χ1n) is 7.57. The fraction of sp³-hybridized carbons (Fsp3) is 0.688. The van der Waals surface area contributed by atoms with E-state index in [0.29, 0.717) is 6.04 Å². The predicted octanol–water partition coefficient (Wildman–Crippen LogP) is 3.27. The van der Waals surface area contributed by atoms with Gasteiger partial charge in [-0.2, -0.15) is 0 Å². The molecule has 1 fully saturated rings. The van der Waals surface area contributed by atoms with E-state index in [0.717, 1.165) is 19.1 Å². The van der Waals surface area contributed by atoms with E-state index in [1.807, 2.05) is 6.20 Å². The van der Waals surface area contributed by atoms with Crippen LogP contribution in [0.3, 0.4) is 0 Å². The van der Waals surface area contributed by atoms with Crippen molar-refractivity contribution in [3.63, 3.8) is 0 Å². The van der Waals surface area contributed by atoms with Gasteiger partial charge in [-0.1, -0.05) is 20.8 Å². The maximum absolute atomic E-state index is 4.72. The fourth-order valence-electron chi connectivity index (χ4n) is 2.43. The molecule has 1 aliphatic rings. The molecule has 0 atom stereocenters. The first-order chi connectivity index (χ1) is 9.11. The number of nitrogens with one attached hydrogen (secondary N) is 1. The third kappa shape index (κ3) is 3.93. The Balaban J connectivity index is 2.08. The first kappa shape index (κ1) is 14.3. The van der Waals surface area contributed by atoms with Crippen LogP contribution in [0.15, 0.2) is 12.3 Å². The van der Waals surface area contributed by atoms with E-state index in [1.54, 1.807) is 0 Å². The highest BCUT2D eigenvalue weighted by Crippen LogP contribution is 2.32. The minimum Gasteiger partial charge on any atom is -0.353 e. The van der Waals surface area contributed by atoms with Crippen LogP contribution in [0.25, 0.3) is 0 Å². The van der Waals surface area contributed by atoms with Gasteiger partial charge >= 0.3 is 0 Å². The summed E-state index contributed by atoms with van der Waals surface area (Å²) in [5, 5.41) is 3.44. The molecule has 0 spiro atoms.